The van der Waals surface area contributed by atoms with Crippen molar-refractivity contribution in [2.75, 3.05) is 12.4 Å². The molecule has 4 aromatic rings. The zero-order valence-electron chi connectivity index (χ0n) is 14.8. The van der Waals surface area contributed by atoms with Gasteiger partial charge in [0.2, 0.25) is 0 Å². The lowest BCUT2D eigenvalue weighted by Crippen LogP contribution is -2.17. The van der Waals surface area contributed by atoms with Crippen LogP contribution in [0.25, 0.3) is 11.0 Å². The molecule has 0 amide bonds. The molecule has 0 aliphatic carbocycles. The maximum Gasteiger partial charge on any atom is 0.163 e. The summed E-state index contributed by atoms with van der Waals surface area (Å²) in [7, 11) is 5.49. The smallest absolute Gasteiger partial charge is 0.163 e. The summed E-state index contributed by atoms with van der Waals surface area (Å²) in [6.45, 7) is 0. The van der Waals surface area contributed by atoms with Crippen molar-refractivity contribution in [2.45, 2.75) is 6.04 Å². The van der Waals surface area contributed by atoms with E-state index in [9.17, 15) is 0 Å². The number of rotatable bonds is 5. The molecular weight excluding hydrogens is 330 g/mol. The average molecular weight is 349 g/mol. The predicted octanol–water partition coefficient (Wildman–Crippen LogP) is 2.31. The minimum absolute atomic E-state index is 0.181. The number of anilines is 1. The summed E-state index contributed by atoms with van der Waals surface area (Å²) < 4.78 is 8.99. The number of nitrogens with one attached hydrogen (secondary N) is 1. The van der Waals surface area contributed by atoms with Gasteiger partial charge in [-0.15, -0.1) is 0 Å². The van der Waals surface area contributed by atoms with Crippen molar-refractivity contribution in [2.24, 2.45) is 14.1 Å². The highest BCUT2D eigenvalue weighted by Crippen LogP contribution is 2.28. The first-order chi connectivity index (χ1) is 12.7. The SMILES string of the molecule is COc1ccc([C@H](Nc2ncnc3c2cnn3C)c2nccn2C)cc1. The fourth-order valence-corrected chi connectivity index (χ4v) is 2.96. The first kappa shape index (κ1) is 16.1. The second kappa shape index (κ2) is 6.47. The Morgan fingerprint density at radius 3 is 2.58 bits per heavy atom. The molecule has 8 nitrogen and oxygen atoms in total. The maximum absolute atomic E-state index is 5.27. The van der Waals surface area contributed by atoms with Crippen LogP contribution in [0.3, 0.4) is 0 Å². The third kappa shape index (κ3) is 2.75. The van der Waals surface area contributed by atoms with Crippen LogP contribution >= 0.6 is 0 Å². The second-order valence-electron chi connectivity index (χ2n) is 5.97. The molecule has 0 saturated carbocycles. The summed E-state index contributed by atoms with van der Waals surface area (Å²) in [4.78, 5) is 13.2. The number of nitrogens with zero attached hydrogens (tertiary/aromatic N) is 6. The van der Waals surface area contributed by atoms with Crippen LogP contribution in [-0.4, -0.2) is 36.4 Å². The average Bonchev–Trinajstić information content (AvgIpc) is 3.26. The lowest BCUT2D eigenvalue weighted by Gasteiger charge is -2.20. The molecule has 0 spiro atoms. The molecule has 0 aliphatic heterocycles. The number of methoxy groups -OCH3 is 1. The van der Waals surface area contributed by atoms with Gasteiger partial charge in [-0.1, -0.05) is 12.1 Å². The Morgan fingerprint density at radius 2 is 1.88 bits per heavy atom. The van der Waals surface area contributed by atoms with Gasteiger partial charge in [-0.25, -0.2) is 15.0 Å². The largest absolute Gasteiger partial charge is 0.497 e. The van der Waals surface area contributed by atoms with E-state index in [2.05, 4.69) is 25.4 Å². The number of hydrogen-bond acceptors (Lipinski definition) is 6. The Balaban J connectivity index is 1.78. The molecule has 0 aliphatic rings. The lowest BCUT2D eigenvalue weighted by molar-refractivity contribution is 0.414. The van der Waals surface area contributed by atoms with E-state index in [1.807, 2.05) is 49.1 Å². The van der Waals surface area contributed by atoms with Crippen LogP contribution < -0.4 is 10.1 Å². The highest BCUT2D eigenvalue weighted by molar-refractivity contribution is 5.86. The molecule has 3 aromatic heterocycles. The number of benzene rings is 1. The van der Waals surface area contributed by atoms with Crippen molar-refractivity contribution in [3.8, 4) is 5.75 Å². The highest BCUT2D eigenvalue weighted by Gasteiger charge is 2.20. The van der Waals surface area contributed by atoms with Crippen molar-refractivity contribution in [1.82, 2.24) is 29.3 Å². The molecule has 26 heavy (non-hydrogen) atoms. The van der Waals surface area contributed by atoms with E-state index in [0.29, 0.717) is 5.82 Å². The minimum Gasteiger partial charge on any atom is -0.497 e. The quantitative estimate of drug-likeness (QED) is 0.595. The number of imidazole rings is 1. The van der Waals surface area contributed by atoms with E-state index in [4.69, 9.17) is 4.74 Å². The molecule has 1 N–H and O–H groups in total. The molecule has 0 fully saturated rings. The summed E-state index contributed by atoms with van der Waals surface area (Å²) in [6.07, 6.45) is 7.01. The molecule has 3 heterocycles. The number of ether oxygens (including phenoxy) is 1. The Labute approximate surface area is 150 Å². The summed E-state index contributed by atoms with van der Waals surface area (Å²) in [5.74, 6) is 2.40. The van der Waals surface area contributed by atoms with Crippen molar-refractivity contribution >= 4 is 16.9 Å². The van der Waals surface area contributed by atoms with Crippen molar-refractivity contribution < 1.29 is 4.74 Å². The molecule has 0 unspecified atom stereocenters. The molecule has 1 atom stereocenters. The van der Waals surface area contributed by atoms with Crippen LogP contribution in [0.15, 0.2) is 49.2 Å². The van der Waals surface area contributed by atoms with Gasteiger partial charge >= 0.3 is 0 Å². The number of fused-ring (bicyclic) bond motifs is 1. The van der Waals surface area contributed by atoms with E-state index in [1.54, 1.807) is 24.2 Å². The van der Waals surface area contributed by atoms with Crippen LogP contribution in [0.4, 0.5) is 5.82 Å². The van der Waals surface area contributed by atoms with Crippen LogP contribution in [0.1, 0.15) is 17.4 Å². The van der Waals surface area contributed by atoms with Crippen LogP contribution in [0.5, 0.6) is 5.75 Å². The standard InChI is InChI=1S/C18H19N7O/c1-24-9-8-19-18(24)15(12-4-6-13(26-3)7-5-12)23-16-14-10-22-25(2)17(14)21-11-20-16/h4-11,15H,1-3H3,(H,20,21,23)/t15-/m0/s1. The van der Waals surface area contributed by atoms with Crippen LogP contribution in [0, 0.1) is 0 Å². The Kier molecular flexibility index (Phi) is 4.00. The van der Waals surface area contributed by atoms with Gasteiger partial charge in [0.25, 0.3) is 0 Å². The van der Waals surface area contributed by atoms with E-state index in [0.717, 1.165) is 28.2 Å². The van der Waals surface area contributed by atoms with E-state index >= 15 is 0 Å². The fourth-order valence-electron chi connectivity index (χ4n) is 2.96. The third-order valence-electron chi connectivity index (χ3n) is 4.38. The molecule has 1 aromatic carbocycles. The van der Waals surface area contributed by atoms with Crippen molar-refractivity contribution in [3.63, 3.8) is 0 Å². The first-order valence-corrected chi connectivity index (χ1v) is 8.18. The van der Waals surface area contributed by atoms with Crippen LogP contribution in [-0.2, 0) is 14.1 Å². The normalized spacial score (nSPS) is 12.3. The minimum atomic E-state index is -0.181. The summed E-state index contributed by atoms with van der Waals surface area (Å²) in [6, 6.07) is 7.73. The van der Waals surface area contributed by atoms with Crippen LogP contribution in [0.2, 0.25) is 0 Å². The molecule has 0 radical (unpaired) electrons. The van der Waals surface area contributed by atoms with Gasteiger partial charge < -0.3 is 14.6 Å². The van der Waals surface area contributed by atoms with E-state index < -0.39 is 0 Å². The topological polar surface area (TPSA) is 82.7 Å². The maximum atomic E-state index is 5.27. The molecule has 8 heteroatoms. The van der Waals surface area contributed by atoms with Crippen molar-refractivity contribution in [3.05, 3.63) is 60.6 Å². The second-order valence-corrected chi connectivity index (χ2v) is 5.97. The zero-order chi connectivity index (χ0) is 18.1. The molecular formula is C18H19N7O. The van der Waals surface area contributed by atoms with E-state index in [-0.39, 0.29) is 6.04 Å². The Bertz CT molecular complexity index is 1040. The highest BCUT2D eigenvalue weighted by atomic mass is 16.5. The monoisotopic (exact) mass is 349 g/mol. The number of aryl methyl sites for hydroxylation is 2. The third-order valence-corrected chi connectivity index (χ3v) is 4.38. The molecule has 0 saturated heterocycles. The number of hydrogen-bond donors (Lipinski definition) is 1. The van der Waals surface area contributed by atoms with Gasteiger partial charge in [-0.3, -0.25) is 4.68 Å². The summed E-state index contributed by atoms with van der Waals surface area (Å²) in [5, 5.41) is 8.64. The van der Waals surface area contributed by atoms with Gasteiger partial charge in [0.1, 0.15) is 29.8 Å². The lowest BCUT2D eigenvalue weighted by atomic mass is 10.1. The van der Waals surface area contributed by atoms with Gasteiger partial charge in [0.15, 0.2) is 5.65 Å². The Hall–Kier alpha value is -3.42. The first-order valence-electron chi connectivity index (χ1n) is 8.18. The summed E-state index contributed by atoms with van der Waals surface area (Å²) in [5.41, 5.74) is 1.83. The number of aromatic nitrogens is 6. The predicted molar refractivity (Wildman–Crippen MR) is 98.0 cm³/mol. The van der Waals surface area contributed by atoms with Gasteiger partial charge in [0, 0.05) is 26.5 Å². The van der Waals surface area contributed by atoms with Gasteiger partial charge in [-0.2, -0.15) is 5.10 Å². The molecule has 4 rings (SSSR count). The van der Waals surface area contributed by atoms with Gasteiger partial charge in [-0.05, 0) is 17.7 Å². The fraction of sp³-hybridized carbons (Fsp3) is 0.222. The summed E-state index contributed by atoms with van der Waals surface area (Å²) >= 11 is 0. The van der Waals surface area contributed by atoms with Crippen molar-refractivity contribution in [1.29, 1.82) is 0 Å². The molecule has 132 valence electrons. The molecule has 0 bridgehead atoms. The van der Waals surface area contributed by atoms with E-state index in [1.165, 1.54) is 6.33 Å². The van der Waals surface area contributed by atoms with Gasteiger partial charge in [0.05, 0.1) is 18.7 Å². The zero-order valence-corrected chi connectivity index (χ0v) is 14.8. The Morgan fingerprint density at radius 1 is 1.08 bits per heavy atom.